The number of amides is 1. The lowest BCUT2D eigenvalue weighted by molar-refractivity contribution is 0.0697. The van der Waals surface area contributed by atoms with E-state index in [4.69, 9.17) is 0 Å². The van der Waals surface area contributed by atoms with E-state index in [2.05, 4.69) is 29.5 Å². The molecule has 0 radical (unpaired) electrons. The van der Waals surface area contributed by atoms with Gasteiger partial charge in [0.15, 0.2) is 5.69 Å². The van der Waals surface area contributed by atoms with Gasteiger partial charge in [0.2, 0.25) is 0 Å². The van der Waals surface area contributed by atoms with E-state index in [1.165, 1.54) is 0 Å². The number of hydrogen-bond donors (Lipinski definition) is 1. The Bertz CT molecular complexity index is 437. The molecule has 0 spiro atoms. The summed E-state index contributed by atoms with van der Waals surface area (Å²) in [6.45, 7) is 7.11. The molecule has 0 aromatic carbocycles. The van der Waals surface area contributed by atoms with Gasteiger partial charge in [0.05, 0.1) is 6.20 Å². The van der Waals surface area contributed by atoms with Gasteiger partial charge < -0.3 is 10.2 Å². The first-order valence-electron chi connectivity index (χ1n) is 7.46. The number of nitrogens with zero attached hydrogens (tertiary/aromatic N) is 4. The van der Waals surface area contributed by atoms with Gasteiger partial charge in [0, 0.05) is 19.6 Å². The molecule has 1 fully saturated rings. The summed E-state index contributed by atoms with van der Waals surface area (Å²) in [7, 11) is 1.87. The van der Waals surface area contributed by atoms with Crippen LogP contribution in [-0.2, 0) is 6.54 Å². The Morgan fingerprint density at radius 2 is 2.20 bits per heavy atom. The number of nitrogens with one attached hydrogen (secondary N) is 1. The van der Waals surface area contributed by atoms with Crippen LogP contribution in [0.2, 0.25) is 0 Å². The fourth-order valence-corrected chi connectivity index (χ4v) is 2.44. The third kappa shape index (κ3) is 3.79. The fraction of sp³-hybridized carbons (Fsp3) is 0.786. The standard InChI is InChI=1S/C14H25N5O/c1-11(2)6-9-19-10-13(16-17-19)14(20)18(3)12-4-7-15-8-5-12/h10-12,15H,4-9H2,1-3H3. The van der Waals surface area contributed by atoms with Crippen LogP contribution in [0.5, 0.6) is 0 Å². The summed E-state index contributed by atoms with van der Waals surface area (Å²) in [6.07, 6.45) is 4.82. The zero-order valence-corrected chi connectivity index (χ0v) is 12.7. The number of rotatable bonds is 5. The zero-order chi connectivity index (χ0) is 14.5. The molecule has 112 valence electrons. The second kappa shape index (κ2) is 6.83. The van der Waals surface area contributed by atoms with Crippen molar-refractivity contribution in [3.63, 3.8) is 0 Å². The van der Waals surface area contributed by atoms with Crippen molar-refractivity contribution >= 4 is 5.91 Å². The summed E-state index contributed by atoms with van der Waals surface area (Å²) in [5.41, 5.74) is 0.454. The van der Waals surface area contributed by atoms with Crippen molar-refractivity contribution in [2.45, 2.75) is 45.7 Å². The molecule has 0 bridgehead atoms. The first kappa shape index (κ1) is 15.0. The van der Waals surface area contributed by atoms with Crippen LogP contribution < -0.4 is 5.32 Å². The first-order valence-corrected chi connectivity index (χ1v) is 7.46. The molecule has 1 aliphatic rings. The highest BCUT2D eigenvalue weighted by atomic mass is 16.2. The van der Waals surface area contributed by atoms with Gasteiger partial charge in [-0.1, -0.05) is 19.1 Å². The Balaban J connectivity index is 1.94. The molecule has 1 aromatic heterocycles. The number of hydrogen-bond acceptors (Lipinski definition) is 4. The van der Waals surface area contributed by atoms with Crippen molar-refractivity contribution in [1.29, 1.82) is 0 Å². The highest BCUT2D eigenvalue weighted by molar-refractivity contribution is 5.91. The molecule has 0 unspecified atom stereocenters. The third-order valence-corrected chi connectivity index (χ3v) is 3.87. The maximum atomic E-state index is 12.4. The predicted molar refractivity (Wildman–Crippen MR) is 77.5 cm³/mol. The van der Waals surface area contributed by atoms with Gasteiger partial charge in [-0.15, -0.1) is 5.10 Å². The van der Waals surface area contributed by atoms with Crippen molar-refractivity contribution < 1.29 is 4.79 Å². The number of aryl methyl sites for hydroxylation is 1. The average molecular weight is 279 g/mol. The van der Waals surface area contributed by atoms with Crippen molar-refractivity contribution in [2.24, 2.45) is 5.92 Å². The summed E-state index contributed by atoms with van der Waals surface area (Å²) in [4.78, 5) is 14.2. The minimum Gasteiger partial charge on any atom is -0.337 e. The van der Waals surface area contributed by atoms with Crippen molar-refractivity contribution in [1.82, 2.24) is 25.2 Å². The summed E-state index contributed by atoms with van der Waals surface area (Å²) in [5, 5.41) is 11.4. The first-order chi connectivity index (χ1) is 9.58. The minimum absolute atomic E-state index is 0.0207. The van der Waals surface area contributed by atoms with E-state index >= 15 is 0 Å². The van der Waals surface area contributed by atoms with Crippen LogP contribution in [0.4, 0.5) is 0 Å². The number of piperidine rings is 1. The Morgan fingerprint density at radius 1 is 1.50 bits per heavy atom. The molecule has 1 saturated heterocycles. The van der Waals surface area contributed by atoms with Crippen LogP contribution in [-0.4, -0.2) is 52.0 Å². The van der Waals surface area contributed by atoms with E-state index in [1.807, 2.05) is 11.9 Å². The normalized spacial score (nSPS) is 16.6. The van der Waals surface area contributed by atoms with Gasteiger partial charge in [0.1, 0.15) is 0 Å². The molecular weight excluding hydrogens is 254 g/mol. The second-order valence-corrected chi connectivity index (χ2v) is 5.95. The summed E-state index contributed by atoms with van der Waals surface area (Å²) < 4.78 is 1.77. The molecule has 6 heteroatoms. The molecule has 2 heterocycles. The lowest BCUT2D eigenvalue weighted by Gasteiger charge is -2.31. The molecule has 1 aliphatic heterocycles. The maximum Gasteiger partial charge on any atom is 0.276 e. The van der Waals surface area contributed by atoms with Gasteiger partial charge in [-0.25, -0.2) is 0 Å². The quantitative estimate of drug-likeness (QED) is 0.878. The van der Waals surface area contributed by atoms with E-state index < -0.39 is 0 Å². The molecule has 0 saturated carbocycles. The van der Waals surface area contributed by atoms with Crippen molar-refractivity contribution in [3.05, 3.63) is 11.9 Å². The van der Waals surface area contributed by atoms with Gasteiger partial charge in [0.25, 0.3) is 5.91 Å². The monoisotopic (exact) mass is 279 g/mol. The Morgan fingerprint density at radius 3 is 2.85 bits per heavy atom. The van der Waals surface area contributed by atoms with E-state index in [0.29, 0.717) is 17.7 Å². The van der Waals surface area contributed by atoms with E-state index in [0.717, 1.165) is 38.9 Å². The lowest BCUT2D eigenvalue weighted by atomic mass is 10.1. The summed E-state index contributed by atoms with van der Waals surface area (Å²) in [6, 6.07) is 0.310. The Labute approximate surface area is 120 Å². The van der Waals surface area contributed by atoms with Crippen molar-refractivity contribution in [3.8, 4) is 0 Å². The molecule has 1 N–H and O–H groups in total. The summed E-state index contributed by atoms with van der Waals surface area (Å²) in [5.74, 6) is 0.600. The minimum atomic E-state index is -0.0207. The number of carbonyl (C=O) groups excluding carboxylic acids is 1. The van der Waals surface area contributed by atoms with Gasteiger partial charge >= 0.3 is 0 Å². The molecule has 20 heavy (non-hydrogen) atoms. The maximum absolute atomic E-state index is 12.4. The molecule has 6 nitrogen and oxygen atoms in total. The van der Waals surface area contributed by atoms with Crippen molar-refractivity contribution in [2.75, 3.05) is 20.1 Å². The van der Waals surface area contributed by atoms with Crippen LogP contribution >= 0.6 is 0 Å². The number of carbonyl (C=O) groups is 1. The van der Waals surface area contributed by atoms with E-state index in [-0.39, 0.29) is 5.91 Å². The molecular formula is C14H25N5O. The summed E-state index contributed by atoms with van der Waals surface area (Å²) >= 11 is 0. The second-order valence-electron chi connectivity index (χ2n) is 5.95. The largest absolute Gasteiger partial charge is 0.337 e. The molecule has 1 amide bonds. The zero-order valence-electron chi connectivity index (χ0n) is 12.7. The Kier molecular flexibility index (Phi) is 5.11. The smallest absolute Gasteiger partial charge is 0.276 e. The predicted octanol–water partition coefficient (Wildman–Crippen LogP) is 1.15. The van der Waals surface area contributed by atoms with Crippen LogP contribution in [0, 0.1) is 5.92 Å². The van der Waals surface area contributed by atoms with E-state index in [1.54, 1.807) is 10.9 Å². The highest BCUT2D eigenvalue weighted by Crippen LogP contribution is 2.12. The van der Waals surface area contributed by atoms with Crippen LogP contribution in [0.25, 0.3) is 0 Å². The van der Waals surface area contributed by atoms with Crippen LogP contribution in [0.15, 0.2) is 6.20 Å². The number of aromatic nitrogens is 3. The van der Waals surface area contributed by atoms with Gasteiger partial charge in [-0.05, 0) is 38.3 Å². The highest BCUT2D eigenvalue weighted by Gasteiger charge is 2.24. The van der Waals surface area contributed by atoms with Gasteiger partial charge in [-0.3, -0.25) is 9.48 Å². The van der Waals surface area contributed by atoms with Crippen LogP contribution in [0.1, 0.15) is 43.6 Å². The van der Waals surface area contributed by atoms with Crippen LogP contribution in [0.3, 0.4) is 0 Å². The molecule has 0 atom stereocenters. The SMILES string of the molecule is CC(C)CCn1cc(C(=O)N(C)C2CCNCC2)nn1. The third-order valence-electron chi connectivity index (χ3n) is 3.87. The fourth-order valence-electron chi connectivity index (χ4n) is 2.44. The molecule has 2 rings (SSSR count). The Hall–Kier alpha value is -1.43. The molecule has 1 aromatic rings. The van der Waals surface area contributed by atoms with E-state index in [9.17, 15) is 4.79 Å². The molecule has 0 aliphatic carbocycles. The topological polar surface area (TPSA) is 63.1 Å². The van der Waals surface area contributed by atoms with Gasteiger partial charge in [-0.2, -0.15) is 0 Å². The average Bonchev–Trinajstić information content (AvgIpc) is 2.93. The lowest BCUT2D eigenvalue weighted by Crippen LogP contribution is -2.44.